The van der Waals surface area contributed by atoms with Crippen molar-refractivity contribution in [3.8, 4) is 0 Å². The minimum atomic E-state index is 0. The third-order valence-electron chi connectivity index (χ3n) is 6.20. The summed E-state index contributed by atoms with van der Waals surface area (Å²) in [6.45, 7) is 5.92. The van der Waals surface area contributed by atoms with Crippen LogP contribution in [0, 0.1) is 0 Å². The molecule has 2 aliphatic rings. The molecule has 2 saturated heterocycles. The summed E-state index contributed by atoms with van der Waals surface area (Å²) in [5.74, 6) is 0.936. The minimum Gasteiger partial charge on any atom is -0.360 e. The molecule has 4 rings (SSSR count). The molecule has 178 valence electrons. The number of nitrogens with zero attached hydrogens (tertiary/aromatic N) is 3. The van der Waals surface area contributed by atoms with Gasteiger partial charge in [-0.3, -0.25) is 14.7 Å². The summed E-state index contributed by atoms with van der Waals surface area (Å²) < 4.78 is 0. The molecular weight excluding hydrogens is 527 g/mol. The summed E-state index contributed by atoms with van der Waals surface area (Å²) >= 11 is 0. The number of benzene rings is 2. The van der Waals surface area contributed by atoms with Gasteiger partial charge in [-0.25, -0.2) is 0 Å². The largest absolute Gasteiger partial charge is 0.360 e. The average molecular weight is 563 g/mol. The predicted molar refractivity (Wildman–Crippen MR) is 145 cm³/mol. The normalized spacial score (nSPS) is 17.8. The second-order valence-electron chi connectivity index (χ2n) is 8.54. The number of rotatable bonds is 6. The molecule has 0 spiro atoms. The third kappa shape index (κ3) is 7.60. The number of amides is 1. The van der Waals surface area contributed by atoms with Crippen molar-refractivity contribution in [2.45, 2.75) is 32.0 Å². The van der Waals surface area contributed by atoms with Crippen LogP contribution in [0.4, 0.5) is 5.69 Å². The van der Waals surface area contributed by atoms with Gasteiger partial charge in [0.25, 0.3) is 0 Å². The Bertz CT molecular complexity index is 897. The SMILES string of the molecule is CN=C(NCc1ccc(N2CCNC(=O)C2)cc1)NC1CCN(Cc2ccccc2)CC1.I. The highest BCUT2D eigenvalue weighted by atomic mass is 127. The number of hydrogen-bond acceptors (Lipinski definition) is 4. The number of hydrogen-bond donors (Lipinski definition) is 3. The zero-order valence-corrected chi connectivity index (χ0v) is 21.6. The van der Waals surface area contributed by atoms with E-state index in [0.717, 1.165) is 50.7 Å². The summed E-state index contributed by atoms with van der Waals surface area (Å²) in [5, 5.41) is 9.89. The van der Waals surface area contributed by atoms with Gasteiger partial charge < -0.3 is 20.9 Å². The van der Waals surface area contributed by atoms with E-state index in [1.54, 1.807) is 0 Å². The van der Waals surface area contributed by atoms with Crippen molar-refractivity contribution >= 4 is 41.5 Å². The molecule has 2 heterocycles. The summed E-state index contributed by atoms with van der Waals surface area (Å²) in [7, 11) is 1.82. The fourth-order valence-electron chi connectivity index (χ4n) is 4.33. The molecule has 3 N–H and O–H groups in total. The highest BCUT2D eigenvalue weighted by molar-refractivity contribution is 14.0. The van der Waals surface area contributed by atoms with E-state index in [9.17, 15) is 4.79 Å². The Morgan fingerprint density at radius 1 is 1.03 bits per heavy atom. The lowest BCUT2D eigenvalue weighted by molar-refractivity contribution is -0.120. The Labute approximate surface area is 214 Å². The van der Waals surface area contributed by atoms with E-state index >= 15 is 0 Å². The number of halogens is 1. The molecular formula is C25H35IN6O. The molecule has 0 radical (unpaired) electrons. The number of guanidine groups is 1. The predicted octanol–water partition coefficient (Wildman–Crippen LogP) is 2.57. The fraction of sp³-hybridized carbons (Fsp3) is 0.440. The van der Waals surface area contributed by atoms with Gasteiger partial charge in [0, 0.05) is 58.0 Å². The van der Waals surface area contributed by atoms with Gasteiger partial charge in [0.1, 0.15) is 0 Å². The summed E-state index contributed by atoms with van der Waals surface area (Å²) in [4.78, 5) is 20.7. The topological polar surface area (TPSA) is 72.0 Å². The Kier molecular flexibility index (Phi) is 9.80. The first-order valence-corrected chi connectivity index (χ1v) is 11.5. The standard InChI is InChI=1S/C25H34N6O.HI/c1-26-25(29-22-11-14-30(15-12-22)18-21-5-3-2-4-6-21)28-17-20-7-9-23(10-8-20)31-16-13-27-24(32)19-31;/h2-10,22H,11-19H2,1H3,(H,27,32)(H2,26,28,29);1H. The van der Waals surface area contributed by atoms with Gasteiger partial charge in [0.2, 0.25) is 5.91 Å². The molecule has 0 aromatic heterocycles. The van der Waals surface area contributed by atoms with Crippen LogP contribution in [0.15, 0.2) is 59.6 Å². The van der Waals surface area contributed by atoms with Crippen molar-refractivity contribution < 1.29 is 4.79 Å². The first kappa shape index (κ1) is 25.3. The number of carbonyl (C=O) groups is 1. The zero-order chi connectivity index (χ0) is 22.2. The molecule has 1 amide bonds. The molecule has 0 unspecified atom stereocenters. The first-order chi connectivity index (χ1) is 15.7. The average Bonchev–Trinajstić information content (AvgIpc) is 2.84. The molecule has 2 aliphatic heterocycles. The van der Waals surface area contributed by atoms with Gasteiger partial charge in [-0.2, -0.15) is 0 Å². The number of likely N-dealkylation sites (tertiary alicyclic amines) is 1. The number of piperidine rings is 1. The monoisotopic (exact) mass is 562 g/mol. The van der Waals surface area contributed by atoms with E-state index in [0.29, 0.717) is 25.7 Å². The Morgan fingerprint density at radius 2 is 1.76 bits per heavy atom. The van der Waals surface area contributed by atoms with Crippen LogP contribution >= 0.6 is 24.0 Å². The molecule has 0 saturated carbocycles. The molecule has 8 heteroatoms. The van der Waals surface area contributed by atoms with Crippen molar-refractivity contribution in [3.63, 3.8) is 0 Å². The molecule has 2 aromatic rings. The zero-order valence-electron chi connectivity index (χ0n) is 19.3. The van der Waals surface area contributed by atoms with Gasteiger partial charge >= 0.3 is 0 Å². The van der Waals surface area contributed by atoms with Crippen LogP contribution in [0.5, 0.6) is 0 Å². The van der Waals surface area contributed by atoms with Crippen LogP contribution < -0.4 is 20.9 Å². The smallest absolute Gasteiger partial charge is 0.239 e. The van der Waals surface area contributed by atoms with E-state index in [1.807, 2.05) is 7.05 Å². The van der Waals surface area contributed by atoms with Gasteiger partial charge in [0.15, 0.2) is 5.96 Å². The summed E-state index contributed by atoms with van der Waals surface area (Å²) in [6.07, 6.45) is 2.23. The van der Waals surface area contributed by atoms with Crippen molar-refractivity contribution in [1.29, 1.82) is 0 Å². The maximum Gasteiger partial charge on any atom is 0.239 e. The van der Waals surface area contributed by atoms with Crippen LogP contribution in [-0.2, 0) is 17.9 Å². The van der Waals surface area contributed by atoms with E-state index in [2.05, 4.69) is 85.3 Å². The maximum atomic E-state index is 11.6. The van der Waals surface area contributed by atoms with Crippen LogP contribution in [0.2, 0.25) is 0 Å². The van der Waals surface area contributed by atoms with E-state index in [4.69, 9.17) is 0 Å². The lowest BCUT2D eigenvalue weighted by Crippen LogP contribution is -2.48. The number of piperazine rings is 1. The summed E-state index contributed by atoms with van der Waals surface area (Å²) in [5.41, 5.74) is 3.66. The molecule has 7 nitrogen and oxygen atoms in total. The number of nitrogens with one attached hydrogen (secondary N) is 3. The molecule has 2 fully saturated rings. The van der Waals surface area contributed by atoms with Gasteiger partial charge in [-0.05, 0) is 36.1 Å². The molecule has 0 bridgehead atoms. The van der Waals surface area contributed by atoms with Gasteiger partial charge in [-0.1, -0.05) is 42.5 Å². The van der Waals surface area contributed by atoms with Gasteiger partial charge in [-0.15, -0.1) is 24.0 Å². The molecule has 0 aliphatic carbocycles. The quantitative estimate of drug-likeness (QED) is 0.287. The third-order valence-corrected chi connectivity index (χ3v) is 6.20. The lowest BCUT2D eigenvalue weighted by Gasteiger charge is -2.33. The minimum absolute atomic E-state index is 0. The fourth-order valence-corrected chi connectivity index (χ4v) is 4.33. The van der Waals surface area contributed by atoms with Crippen molar-refractivity contribution in [2.24, 2.45) is 4.99 Å². The highest BCUT2D eigenvalue weighted by Crippen LogP contribution is 2.16. The van der Waals surface area contributed by atoms with Crippen LogP contribution in [-0.4, -0.2) is 62.6 Å². The van der Waals surface area contributed by atoms with Crippen molar-refractivity contribution in [1.82, 2.24) is 20.9 Å². The Balaban J connectivity index is 0.00000306. The van der Waals surface area contributed by atoms with Crippen LogP contribution in [0.25, 0.3) is 0 Å². The van der Waals surface area contributed by atoms with E-state index in [1.165, 1.54) is 11.1 Å². The molecule has 2 aromatic carbocycles. The number of carbonyl (C=O) groups excluding carboxylic acids is 1. The van der Waals surface area contributed by atoms with Crippen LogP contribution in [0.1, 0.15) is 24.0 Å². The second kappa shape index (κ2) is 12.8. The van der Waals surface area contributed by atoms with Gasteiger partial charge in [0.05, 0.1) is 6.54 Å². The van der Waals surface area contributed by atoms with E-state index < -0.39 is 0 Å². The van der Waals surface area contributed by atoms with Crippen LogP contribution in [0.3, 0.4) is 0 Å². The second-order valence-corrected chi connectivity index (χ2v) is 8.54. The number of anilines is 1. The Morgan fingerprint density at radius 3 is 2.42 bits per heavy atom. The molecule has 0 atom stereocenters. The maximum absolute atomic E-state index is 11.6. The Hall–Kier alpha value is -2.33. The van der Waals surface area contributed by atoms with E-state index in [-0.39, 0.29) is 29.9 Å². The summed E-state index contributed by atoms with van der Waals surface area (Å²) in [6, 6.07) is 19.6. The van der Waals surface area contributed by atoms with Crippen molar-refractivity contribution in [2.75, 3.05) is 44.7 Å². The number of aliphatic imine (C=N–C) groups is 1. The molecule has 33 heavy (non-hydrogen) atoms. The lowest BCUT2D eigenvalue weighted by atomic mass is 10.0. The highest BCUT2D eigenvalue weighted by Gasteiger charge is 2.20. The van der Waals surface area contributed by atoms with Crippen molar-refractivity contribution in [3.05, 3.63) is 65.7 Å². The first-order valence-electron chi connectivity index (χ1n) is 11.5.